The van der Waals surface area contributed by atoms with E-state index < -0.39 is 34.7 Å². The summed E-state index contributed by atoms with van der Waals surface area (Å²) in [4.78, 5) is 34.4. The average molecular weight is 485 g/mol. The van der Waals surface area contributed by atoms with E-state index in [0.717, 1.165) is 28.9 Å². The predicted octanol–water partition coefficient (Wildman–Crippen LogP) is 3.13. The van der Waals surface area contributed by atoms with Gasteiger partial charge < -0.3 is 9.30 Å². The molecule has 0 spiro atoms. The number of piperidine rings is 1. The van der Waals surface area contributed by atoms with Crippen LogP contribution in [-0.2, 0) is 15.0 Å². The summed E-state index contributed by atoms with van der Waals surface area (Å²) in [5, 5.41) is 1.05. The monoisotopic (exact) mass is 485 g/mol. The Bertz CT molecular complexity index is 1300. The van der Waals surface area contributed by atoms with Crippen LogP contribution in [0, 0.1) is 24.4 Å². The van der Waals surface area contributed by atoms with Crippen molar-refractivity contribution in [1.82, 2.24) is 25.0 Å². The molecule has 0 radical (unpaired) electrons. The molecule has 2 amide bonds. The molecule has 2 aromatic heterocycles. The summed E-state index contributed by atoms with van der Waals surface area (Å²) in [5.41, 5.74) is 1.92. The molecule has 1 unspecified atom stereocenters. The van der Waals surface area contributed by atoms with Gasteiger partial charge in [0.25, 0.3) is 11.8 Å². The van der Waals surface area contributed by atoms with Gasteiger partial charge in [0, 0.05) is 12.7 Å². The maximum atomic E-state index is 14.3. The van der Waals surface area contributed by atoms with E-state index >= 15 is 0 Å². The first-order chi connectivity index (χ1) is 16.7. The molecule has 4 rings (SSSR count). The van der Waals surface area contributed by atoms with E-state index in [4.69, 9.17) is 4.74 Å². The van der Waals surface area contributed by atoms with Crippen LogP contribution in [0.5, 0.6) is 5.88 Å². The number of aryl methyl sites for hydroxylation is 1. The standard InChI is InChI=1S/C24H22F3N5O3/c1-4-20(33)30-32-9-5-8-24(23(32)34,15-10-16(25)21(27)17(26)11-15)19-7-6-18(22(29-19)35-3)31-12-14(2)28-13-31/h4,6-7,10-13H,1,5,8-9H2,2-3H3,(H,30,33). The first-order valence-electron chi connectivity index (χ1n) is 10.7. The molecule has 182 valence electrons. The molecular formula is C24H22F3N5O3. The third-order valence-corrected chi connectivity index (χ3v) is 5.91. The van der Waals surface area contributed by atoms with Crippen molar-refractivity contribution >= 4 is 11.8 Å². The van der Waals surface area contributed by atoms with Gasteiger partial charge in [0.1, 0.15) is 11.1 Å². The van der Waals surface area contributed by atoms with E-state index in [1.165, 1.54) is 13.2 Å². The highest BCUT2D eigenvalue weighted by molar-refractivity contribution is 5.95. The molecule has 1 atom stereocenters. The maximum Gasteiger partial charge on any atom is 0.261 e. The fourth-order valence-corrected chi connectivity index (χ4v) is 4.25. The lowest BCUT2D eigenvalue weighted by atomic mass is 9.70. The molecule has 1 aliphatic rings. The molecule has 1 aliphatic heterocycles. The number of amides is 2. The van der Waals surface area contributed by atoms with Crippen LogP contribution in [0.25, 0.3) is 5.69 Å². The Morgan fingerprint density at radius 3 is 2.57 bits per heavy atom. The van der Waals surface area contributed by atoms with Crippen LogP contribution in [0.4, 0.5) is 13.2 Å². The van der Waals surface area contributed by atoms with Gasteiger partial charge >= 0.3 is 0 Å². The number of nitrogens with one attached hydrogen (secondary N) is 1. The van der Waals surface area contributed by atoms with Gasteiger partial charge in [-0.05, 0) is 55.7 Å². The van der Waals surface area contributed by atoms with E-state index in [2.05, 4.69) is 22.0 Å². The molecule has 3 aromatic rings. The Morgan fingerprint density at radius 1 is 1.26 bits per heavy atom. The number of carbonyl (C=O) groups is 2. The van der Waals surface area contributed by atoms with Crippen molar-refractivity contribution < 1.29 is 27.5 Å². The number of hydrogen-bond acceptors (Lipinski definition) is 5. The molecule has 35 heavy (non-hydrogen) atoms. The molecule has 8 nitrogen and oxygen atoms in total. The van der Waals surface area contributed by atoms with Crippen LogP contribution in [0.1, 0.15) is 29.8 Å². The quantitative estimate of drug-likeness (QED) is 0.428. The number of hydrazine groups is 1. The van der Waals surface area contributed by atoms with E-state index in [9.17, 15) is 22.8 Å². The fourth-order valence-electron chi connectivity index (χ4n) is 4.25. The highest BCUT2D eigenvalue weighted by Crippen LogP contribution is 2.42. The number of aromatic nitrogens is 3. The minimum atomic E-state index is -1.74. The van der Waals surface area contributed by atoms with Crippen LogP contribution in [0.2, 0.25) is 0 Å². The number of rotatable bonds is 6. The number of ether oxygens (including phenoxy) is 1. The van der Waals surface area contributed by atoms with Crippen molar-refractivity contribution in [2.45, 2.75) is 25.2 Å². The predicted molar refractivity (Wildman–Crippen MR) is 119 cm³/mol. The zero-order valence-corrected chi connectivity index (χ0v) is 19.0. The topological polar surface area (TPSA) is 89.3 Å². The highest BCUT2D eigenvalue weighted by atomic mass is 19.2. The number of pyridine rings is 1. The summed E-state index contributed by atoms with van der Waals surface area (Å²) in [6.45, 7) is 5.33. The molecule has 0 saturated carbocycles. The van der Waals surface area contributed by atoms with Crippen LogP contribution in [-0.4, -0.2) is 45.0 Å². The number of hydrogen-bond donors (Lipinski definition) is 1. The smallest absolute Gasteiger partial charge is 0.261 e. The third kappa shape index (κ3) is 4.13. The number of methoxy groups -OCH3 is 1. The van der Waals surface area contributed by atoms with Crippen molar-refractivity contribution in [3.63, 3.8) is 0 Å². The second kappa shape index (κ2) is 9.24. The molecule has 1 aromatic carbocycles. The lowest BCUT2D eigenvalue weighted by molar-refractivity contribution is -0.146. The number of nitrogens with zero attached hydrogens (tertiary/aromatic N) is 4. The van der Waals surface area contributed by atoms with Crippen molar-refractivity contribution in [3.8, 4) is 11.6 Å². The van der Waals surface area contributed by atoms with E-state index in [1.807, 2.05) is 6.92 Å². The largest absolute Gasteiger partial charge is 0.479 e. The van der Waals surface area contributed by atoms with Gasteiger partial charge in [0.05, 0.1) is 24.8 Å². The lowest BCUT2D eigenvalue weighted by Gasteiger charge is -2.41. The van der Waals surface area contributed by atoms with Gasteiger partial charge in [-0.15, -0.1) is 0 Å². The first kappa shape index (κ1) is 24.0. The van der Waals surface area contributed by atoms with Crippen LogP contribution < -0.4 is 10.2 Å². The van der Waals surface area contributed by atoms with Gasteiger partial charge in [-0.2, -0.15) is 0 Å². The van der Waals surface area contributed by atoms with Gasteiger partial charge in [-0.25, -0.2) is 23.1 Å². The summed E-state index contributed by atoms with van der Waals surface area (Å²) in [6.07, 6.45) is 4.74. The van der Waals surface area contributed by atoms with Crippen molar-refractivity contribution in [3.05, 3.63) is 83.8 Å². The van der Waals surface area contributed by atoms with E-state index in [0.29, 0.717) is 12.1 Å². The molecule has 0 aliphatic carbocycles. The average Bonchev–Trinajstić information content (AvgIpc) is 3.29. The minimum absolute atomic E-state index is 0.0937. The SMILES string of the molecule is C=CC(=O)NN1CCCC(c2cc(F)c(F)c(F)c2)(c2ccc(-n3cnc(C)c3)c(OC)n2)C1=O. The zero-order valence-electron chi connectivity index (χ0n) is 19.0. The van der Waals surface area contributed by atoms with Gasteiger partial charge in [-0.1, -0.05) is 6.58 Å². The molecule has 1 saturated heterocycles. The Balaban J connectivity index is 1.92. The number of imidazole rings is 1. The molecule has 1 fully saturated rings. The molecule has 3 heterocycles. The van der Waals surface area contributed by atoms with Crippen LogP contribution in [0.3, 0.4) is 0 Å². The summed E-state index contributed by atoms with van der Waals surface area (Å²) >= 11 is 0. The van der Waals surface area contributed by atoms with E-state index in [1.54, 1.807) is 23.2 Å². The summed E-state index contributed by atoms with van der Waals surface area (Å²) in [6, 6.07) is 4.71. The molecule has 11 heteroatoms. The Hall–Kier alpha value is -4.15. The lowest BCUT2D eigenvalue weighted by Crippen LogP contribution is -2.58. The van der Waals surface area contributed by atoms with Crippen molar-refractivity contribution in [2.75, 3.05) is 13.7 Å². The van der Waals surface area contributed by atoms with Crippen LogP contribution in [0.15, 0.2) is 49.4 Å². The molecule has 1 N–H and O–H groups in total. The fraction of sp³-hybridized carbons (Fsp3) is 0.250. The Labute approximate surface area is 199 Å². The van der Waals surface area contributed by atoms with Gasteiger partial charge in [0.2, 0.25) is 5.88 Å². The summed E-state index contributed by atoms with van der Waals surface area (Å²) in [7, 11) is 1.39. The summed E-state index contributed by atoms with van der Waals surface area (Å²) < 4.78 is 49.6. The first-order valence-corrected chi connectivity index (χ1v) is 10.7. The molecular weight excluding hydrogens is 463 g/mol. The van der Waals surface area contributed by atoms with E-state index in [-0.39, 0.29) is 30.1 Å². The second-order valence-electron chi connectivity index (χ2n) is 8.05. The molecule has 0 bridgehead atoms. The maximum absolute atomic E-state index is 14.3. The van der Waals surface area contributed by atoms with Gasteiger partial charge in [-0.3, -0.25) is 20.0 Å². The zero-order chi connectivity index (χ0) is 25.3. The third-order valence-electron chi connectivity index (χ3n) is 5.91. The Morgan fingerprint density at radius 2 is 1.97 bits per heavy atom. The number of benzene rings is 1. The normalized spacial score (nSPS) is 17.9. The Kier molecular flexibility index (Phi) is 6.33. The minimum Gasteiger partial charge on any atom is -0.479 e. The number of carbonyl (C=O) groups excluding carboxylic acids is 2. The highest BCUT2D eigenvalue weighted by Gasteiger charge is 2.49. The van der Waals surface area contributed by atoms with Crippen molar-refractivity contribution in [2.24, 2.45) is 0 Å². The van der Waals surface area contributed by atoms with Crippen molar-refractivity contribution in [1.29, 1.82) is 0 Å². The second-order valence-corrected chi connectivity index (χ2v) is 8.05. The number of halogens is 3. The van der Waals surface area contributed by atoms with Crippen LogP contribution >= 0.6 is 0 Å². The van der Waals surface area contributed by atoms with Gasteiger partial charge in [0.15, 0.2) is 17.5 Å². The summed E-state index contributed by atoms with van der Waals surface area (Å²) in [5.74, 6) is -5.75.